The molecule has 0 bridgehead atoms. The summed E-state index contributed by atoms with van der Waals surface area (Å²) in [7, 11) is 0. The highest BCUT2D eigenvalue weighted by atomic mass is 32.1. The Hall–Kier alpha value is -0.910. The van der Waals surface area contributed by atoms with E-state index >= 15 is 0 Å². The number of aromatic nitrogens is 2. The topological polar surface area (TPSA) is 38.6 Å². The molecule has 1 N–H and O–H groups in total. The van der Waals surface area contributed by atoms with E-state index in [4.69, 9.17) is 4.74 Å². The molecule has 0 amide bonds. The molecule has 3 rings (SSSR count). The van der Waals surface area contributed by atoms with Crippen molar-refractivity contribution >= 4 is 16.3 Å². The van der Waals surface area contributed by atoms with Crippen LogP contribution in [0.1, 0.15) is 23.9 Å². The van der Waals surface area contributed by atoms with Crippen molar-refractivity contribution in [2.24, 2.45) is 0 Å². The fourth-order valence-corrected chi connectivity index (χ4v) is 3.00. The van der Waals surface area contributed by atoms with Gasteiger partial charge in [-0.1, -0.05) is 0 Å². The second-order valence-electron chi connectivity index (χ2n) is 4.08. The average Bonchev–Trinajstić information content (AvgIpc) is 2.74. The van der Waals surface area contributed by atoms with Crippen molar-refractivity contribution in [2.75, 3.05) is 19.7 Å². The summed E-state index contributed by atoms with van der Waals surface area (Å²) < 4.78 is 8.07. The van der Waals surface area contributed by atoms with Crippen LogP contribution in [0, 0.1) is 6.92 Å². The molecule has 0 radical (unpaired) electrons. The van der Waals surface area contributed by atoms with Crippen molar-refractivity contribution in [3.8, 4) is 0 Å². The number of nitrogens with zero attached hydrogens (tertiary/aromatic N) is 2. The van der Waals surface area contributed by atoms with Gasteiger partial charge in [-0.05, 0) is 19.9 Å². The lowest BCUT2D eigenvalue weighted by Crippen LogP contribution is -2.16. The van der Waals surface area contributed by atoms with Crippen molar-refractivity contribution in [3.05, 3.63) is 23.0 Å². The maximum atomic E-state index is 5.86. The van der Waals surface area contributed by atoms with Gasteiger partial charge in [0.2, 0.25) is 0 Å². The quantitative estimate of drug-likeness (QED) is 0.821. The molecule has 1 aliphatic rings. The number of thiazole rings is 1. The smallest absolute Gasteiger partial charge is 0.194 e. The lowest BCUT2D eigenvalue weighted by atomic mass is 10.2. The van der Waals surface area contributed by atoms with Crippen LogP contribution in [0.25, 0.3) is 4.96 Å². The fraction of sp³-hybridized carbons (Fsp3) is 0.545. The van der Waals surface area contributed by atoms with Crippen molar-refractivity contribution in [3.63, 3.8) is 0 Å². The molecule has 1 aliphatic heterocycles. The van der Waals surface area contributed by atoms with Crippen LogP contribution in [0.2, 0.25) is 0 Å². The molecule has 3 heterocycles. The number of hydrogen-bond donors (Lipinski definition) is 1. The molecular formula is C11H15N3OS. The minimum Gasteiger partial charge on any atom is -0.371 e. The van der Waals surface area contributed by atoms with Gasteiger partial charge in [-0.15, -0.1) is 11.3 Å². The zero-order chi connectivity index (χ0) is 11.0. The van der Waals surface area contributed by atoms with Gasteiger partial charge in [0.25, 0.3) is 0 Å². The Morgan fingerprint density at radius 3 is 3.44 bits per heavy atom. The van der Waals surface area contributed by atoms with Crippen molar-refractivity contribution in [2.45, 2.75) is 19.4 Å². The maximum Gasteiger partial charge on any atom is 0.194 e. The second-order valence-corrected chi connectivity index (χ2v) is 4.91. The van der Waals surface area contributed by atoms with E-state index in [1.54, 1.807) is 11.3 Å². The Balaban J connectivity index is 2.00. The maximum absolute atomic E-state index is 5.86. The van der Waals surface area contributed by atoms with E-state index in [1.807, 2.05) is 6.20 Å². The first-order valence-electron chi connectivity index (χ1n) is 5.60. The highest BCUT2D eigenvalue weighted by Gasteiger charge is 2.19. The van der Waals surface area contributed by atoms with Crippen LogP contribution in [0.15, 0.2) is 11.6 Å². The van der Waals surface area contributed by atoms with Crippen molar-refractivity contribution in [1.82, 2.24) is 14.7 Å². The fourth-order valence-electron chi connectivity index (χ4n) is 2.15. The summed E-state index contributed by atoms with van der Waals surface area (Å²) in [5, 5.41) is 5.48. The molecule has 2 aromatic rings. The van der Waals surface area contributed by atoms with Crippen LogP contribution in [-0.4, -0.2) is 29.1 Å². The molecule has 2 aromatic heterocycles. The summed E-state index contributed by atoms with van der Waals surface area (Å²) in [6.45, 7) is 4.85. The van der Waals surface area contributed by atoms with E-state index in [2.05, 4.69) is 27.0 Å². The van der Waals surface area contributed by atoms with Gasteiger partial charge in [0.15, 0.2) is 4.96 Å². The van der Waals surface area contributed by atoms with Crippen molar-refractivity contribution in [1.29, 1.82) is 0 Å². The monoisotopic (exact) mass is 237 g/mol. The van der Waals surface area contributed by atoms with Gasteiger partial charge < -0.3 is 10.1 Å². The molecule has 16 heavy (non-hydrogen) atoms. The van der Waals surface area contributed by atoms with Crippen LogP contribution in [-0.2, 0) is 4.74 Å². The lowest BCUT2D eigenvalue weighted by molar-refractivity contribution is 0.0607. The first-order valence-corrected chi connectivity index (χ1v) is 6.48. The molecule has 0 saturated carbocycles. The summed E-state index contributed by atoms with van der Waals surface area (Å²) >= 11 is 1.68. The molecule has 1 atom stereocenters. The summed E-state index contributed by atoms with van der Waals surface area (Å²) in [6.07, 6.45) is 3.15. The van der Waals surface area contributed by atoms with Gasteiger partial charge in [0.05, 0.1) is 18.5 Å². The van der Waals surface area contributed by atoms with E-state index in [9.17, 15) is 0 Å². The van der Waals surface area contributed by atoms with Gasteiger partial charge in [-0.2, -0.15) is 0 Å². The lowest BCUT2D eigenvalue weighted by Gasteiger charge is -2.13. The largest absolute Gasteiger partial charge is 0.371 e. The molecule has 86 valence electrons. The van der Waals surface area contributed by atoms with E-state index in [1.165, 1.54) is 11.4 Å². The first kappa shape index (κ1) is 10.3. The molecule has 4 nitrogen and oxygen atoms in total. The summed E-state index contributed by atoms with van der Waals surface area (Å²) in [4.78, 5) is 5.49. The number of hydrogen-bond acceptors (Lipinski definition) is 4. The number of aryl methyl sites for hydroxylation is 1. The predicted molar refractivity (Wildman–Crippen MR) is 64.0 cm³/mol. The van der Waals surface area contributed by atoms with E-state index < -0.39 is 0 Å². The van der Waals surface area contributed by atoms with Crippen LogP contribution in [0.5, 0.6) is 0 Å². The average molecular weight is 237 g/mol. The predicted octanol–water partition coefficient (Wildman–Crippen LogP) is 1.76. The highest BCUT2D eigenvalue weighted by molar-refractivity contribution is 7.15. The van der Waals surface area contributed by atoms with Crippen LogP contribution >= 0.6 is 11.3 Å². The van der Waals surface area contributed by atoms with Gasteiger partial charge in [-0.25, -0.2) is 4.98 Å². The Morgan fingerprint density at radius 1 is 1.56 bits per heavy atom. The Bertz CT molecular complexity index is 482. The number of imidazole rings is 1. The Labute approximate surface area is 98.3 Å². The molecule has 0 spiro atoms. The summed E-state index contributed by atoms with van der Waals surface area (Å²) in [5.41, 5.74) is 2.44. The molecule has 0 aliphatic carbocycles. The van der Waals surface area contributed by atoms with Gasteiger partial charge >= 0.3 is 0 Å². The first-order chi connectivity index (χ1) is 7.86. The standard InChI is InChI=1S/C11H15N3OS/c1-8-7-16-11-13-6-9(14(8)11)10-2-3-12-4-5-15-10/h6-7,10,12H,2-5H2,1H3. The summed E-state index contributed by atoms with van der Waals surface area (Å²) in [5.74, 6) is 0. The number of rotatable bonds is 1. The van der Waals surface area contributed by atoms with Crippen LogP contribution in [0.4, 0.5) is 0 Å². The third-order valence-corrected chi connectivity index (χ3v) is 3.91. The van der Waals surface area contributed by atoms with Crippen LogP contribution < -0.4 is 5.32 Å². The third kappa shape index (κ3) is 1.65. The molecule has 1 saturated heterocycles. The Morgan fingerprint density at radius 2 is 2.50 bits per heavy atom. The van der Waals surface area contributed by atoms with Gasteiger partial charge in [0, 0.05) is 17.6 Å². The zero-order valence-corrected chi connectivity index (χ0v) is 10.1. The zero-order valence-electron chi connectivity index (χ0n) is 9.27. The third-order valence-electron chi connectivity index (χ3n) is 2.96. The molecule has 1 fully saturated rings. The SMILES string of the molecule is Cc1csc2ncc(C3CCNCCO3)n12. The van der Waals surface area contributed by atoms with Gasteiger partial charge in [0.1, 0.15) is 6.10 Å². The number of ether oxygens (including phenoxy) is 1. The van der Waals surface area contributed by atoms with Crippen molar-refractivity contribution < 1.29 is 4.74 Å². The van der Waals surface area contributed by atoms with Crippen LogP contribution in [0.3, 0.4) is 0 Å². The normalized spacial score (nSPS) is 22.4. The summed E-state index contributed by atoms with van der Waals surface area (Å²) in [6, 6.07) is 0. The molecule has 0 aromatic carbocycles. The van der Waals surface area contributed by atoms with E-state index in [0.29, 0.717) is 0 Å². The minimum absolute atomic E-state index is 0.179. The highest BCUT2D eigenvalue weighted by Crippen LogP contribution is 2.26. The minimum atomic E-state index is 0.179. The number of nitrogens with one attached hydrogen (secondary N) is 1. The molecular weight excluding hydrogens is 222 g/mol. The van der Waals surface area contributed by atoms with Gasteiger partial charge in [-0.3, -0.25) is 4.40 Å². The molecule has 5 heteroatoms. The van der Waals surface area contributed by atoms with E-state index in [0.717, 1.165) is 31.1 Å². The number of fused-ring (bicyclic) bond motifs is 1. The second kappa shape index (κ2) is 4.16. The van der Waals surface area contributed by atoms with E-state index in [-0.39, 0.29) is 6.10 Å². The molecule has 1 unspecified atom stereocenters. The Kier molecular flexibility index (Phi) is 2.67.